The summed E-state index contributed by atoms with van der Waals surface area (Å²) in [6.45, 7) is 0. The van der Waals surface area contributed by atoms with E-state index < -0.39 is 10.0 Å². The molecule has 21 heavy (non-hydrogen) atoms. The average Bonchev–Trinajstić information content (AvgIpc) is 2.90. The molecule has 0 spiro atoms. The fourth-order valence-corrected chi connectivity index (χ4v) is 2.70. The highest BCUT2D eigenvalue weighted by Crippen LogP contribution is 2.18. The number of pyridine rings is 1. The van der Waals surface area contributed by atoms with E-state index in [2.05, 4.69) is 19.8 Å². The summed E-state index contributed by atoms with van der Waals surface area (Å²) in [5.74, 6) is 0. The van der Waals surface area contributed by atoms with Crippen molar-refractivity contribution < 1.29 is 8.42 Å². The van der Waals surface area contributed by atoms with E-state index in [1.165, 1.54) is 29.0 Å². The summed E-state index contributed by atoms with van der Waals surface area (Å²) >= 11 is 0. The third kappa shape index (κ3) is 2.39. The lowest BCUT2D eigenvalue weighted by atomic mass is 10.4. The van der Waals surface area contributed by atoms with Crippen molar-refractivity contribution in [1.82, 2.24) is 19.6 Å². The predicted molar refractivity (Wildman–Crippen MR) is 72.7 cm³/mol. The number of anilines is 1. The Balaban J connectivity index is 1.97. The van der Waals surface area contributed by atoms with Gasteiger partial charge in [-0.2, -0.15) is 10.4 Å². The Labute approximate surface area is 119 Å². The van der Waals surface area contributed by atoms with Crippen molar-refractivity contribution in [2.24, 2.45) is 0 Å². The van der Waals surface area contributed by atoms with Crippen LogP contribution in [0.25, 0.3) is 5.65 Å². The summed E-state index contributed by atoms with van der Waals surface area (Å²) in [6, 6.07) is 6.16. The van der Waals surface area contributed by atoms with Crippen LogP contribution in [0.4, 0.5) is 5.69 Å². The lowest BCUT2D eigenvalue weighted by molar-refractivity contribution is 0.601. The minimum Gasteiger partial charge on any atom is -0.274 e. The Hall–Kier alpha value is -2.99. The number of nitrogens with one attached hydrogen (secondary N) is 1. The molecule has 0 fully saturated rings. The Morgan fingerprint density at radius 3 is 2.81 bits per heavy atom. The van der Waals surface area contributed by atoms with E-state index in [4.69, 9.17) is 5.26 Å². The molecular weight excluding hydrogens is 292 g/mol. The molecule has 0 saturated heterocycles. The second kappa shape index (κ2) is 4.84. The molecule has 0 aromatic carbocycles. The van der Waals surface area contributed by atoms with E-state index in [1.54, 1.807) is 12.3 Å². The van der Waals surface area contributed by atoms with E-state index >= 15 is 0 Å². The van der Waals surface area contributed by atoms with Crippen molar-refractivity contribution in [2.75, 3.05) is 4.72 Å². The molecule has 0 atom stereocenters. The Bertz CT molecular complexity index is 940. The lowest BCUT2D eigenvalue weighted by Crippen LogP contribution is -2.13. The molecule has 0 unspecified atom stereocenters. The summed E-state index contributed by atoms with van der Waals surface area (Å²) in [5, 5.41) is 12.7. The van der Waals surface area contributed by atoms with Gasteiger partial charge in [-0.1, -0.05) is 0 Å². The first-order valence-corrected chi connectivity index (χ1v) is 7.26. The zero-order chi connectivity index (χ0) is 14.9. The zero-order valence-electron chi connectivity index (χ0n) is 10.5. The largest absolute Gasteiger partial charge is 0.274 e. The molecule has 0 aliphatic carbocycles. The number of aromatic nitrogens is 4. The molecule has 3 aromatic heterocycles. The highest BCUT2D eigenvalue weighted by molar-refractivity contribution is 7.92. The fourth-order valence-electron chi connectivity index (χ4n) is 1.71. The zero-order valence-corrected chi connectivity index (χ0v) is 11.3. The summed E-state index contributed by atoms with van der Waals surface area (Å²) in [4.78, 5) is 7.75. The van der Waals surface area contributed by atoms with Gasteiger partial charge in [-0.15, -0.1) is 0 Å². The molecule has 0 radical (unpaired) electrons. The second-order valence-corrected chi connectivity index (χ2v) is 5.72. The molecule has 0 aliphatic heterocycles. The maximum atomic E-state index is 12.2. The first kappa shape index (κ1) is 13.0. The molecule has 3 aromatic rings. The predicted octanol–water partition coefficient (Wildman–Crippen LogP) is 0.797. The summed E-state index contributed by atoms with van der Waals surface area (Å²) in [5.41, 5.74) is 0.800. The minimum atomic E-state index is -3.81. The Morgan fingerprint density at radius 1 is 1.24 bits per heavy atom. The maximum Gasteiger partial charge on any atom is 0.263 e. The van der Waals surface area contributed by atoms with E-state index in [9.17, 15) is 8.42 Å². The van der Waals surface area contributed by atoms with E-state index in [1.807, 2.05) is 6.07 Å². The van der Waals surface area contributed by atoms with Gasteiger partial charge in [0.2, 0.25) is 0 Å². The monoisotopic (exact) mass is 300 g/mol. The molecule has 3 rings (SSSR count). The average molecular weight is 300 g/mol. The molecule has 0 saturated carbocycles. The van der Waals surface area contributed by atoms with E-state index in [0.29, 0.717) is 5.65 Å². The molecule has 104 valence electrons. The fraction of sp³-hybridized carbons (Fsp3) is 0. The standard InChI is InChI=1S/C12H8N6O2S/c13-6-9-2-3-10(7-15-9)21(19,20)17-11-8-16-18-5-1-4-14-12(11)18/h1-5,7-8,17H. The number of rotatable bonds is 3. The normalized spacial score (nSPS) is 11.2. The van der Waals surface area contributed by atoms with Gasteiger partial charge in [-0.3, -0.25) is 4.72 Å². The van der Waals surface area contributed by atoms with Crippen molar-refractivity contribution in [3.63, 3.8) is 0 Å². The Morgan fingerprint density at radius 2 is 2.10 bits per heavy atom. The molecule has 1 N–H and O–H groups in total. The first-order chi connectivity index (χ1) is 10.1. The van der Waals surface area contributed by atoms with Crippen LogP contribution < -0.4 is 4.72 Å². The van der Waals surface area contributed by atoms with Gasteiger partial charge in [0, 0.05) is 18.6 Å². The van der Waals surface area contributed by atoms with Crippen molar-refractivity contribution in [3.8, 4) is 6.07 Å². The van der Waals surface area contributed by atoms with Crippen LogP contribution in [-0.2, 0) is 10.0 Å². The SMILES string of the molecule is N#Cc1ccc(S(=O)(=O)Nc2cnn3cccnc23)cn1. The van der Waals surface area contributed by atoms with Crippen LogP contribution in [0.2, 0.25) is 0 Å². The van der Waals surface area contributed by atoms with Gasteiger partial charge in [-0.25, -0.2) is 22.9 Å². The van der Waals surface area contributed by atoms with Crippen LogP contribution in [0.15, 0.2) is 47.9 Å². The van der Waals surface area contributed by atoms with Crippen LogP contribution in [0.5, 0.6) is 0 Å². The van der Waals surface area contributed by atoms with Crippen LogP contribution in [0.3, 0.4) is 0 Å². The van der Waals surface area contributed by atoms with Crippen LogP contribution in [0.1, 0.15) is 5.69 Å². The molecule has 0 amide bonds. The van der Waals surface area contributed by atoms with Gasteiger partial charge in [0.1, 0.15) is 22.3 Å². The van der Waals surface area contributed by atoms with E-state index in [0.717, 1.165) is 6.20 Å². The van der Waals surface area contributed by atoms with Gasteiger partial charge in [0.25, 0.3) is 10.0 Å². The number of hydrogen-bond acceptors (Lipinski definition) is 6. The maximum absolute atomic E-state index is 12.2. The van der Waals surface area contributed by atoms with Crippen molar-refractivity contribution in [3.05, 3.63) is 48.7 Å². The van der Waals surface area contributed by atoms with Crippen molar-refractivity contribution in [1.29, 1.82) is 5.26 Å². The summed E-state index contributed by atoms with van der Waals surface area (Å²) in [6.07, 6.45) is 5.69. The quantitative estimate of drug-likeness (QED) is 0.765. The lowest BCUT2D eigenvalue weighted by Gasteiger charge is -2.05. The van der Waals surface area contributed by atoms with Crippen LogP contribution >= 0.6 is 0 Å². The number of nitrogens with zero attached hydrogens (tertiary/aromatic N) is 5. The highest BCUT2D eigenvalue weighted by atomic mass is 32.2. The molecular formula is C12H8N6O2S. The Kier molecular flexibility index (Phi) is 3.00. The van der Waals surface area contributed by atoms with E-state index in [-0.39, 0.29) is 16.3 Å². The summed E-state index contributed by atoms with van der Waals surface area (Å²) in [7, 11) is -3.81. The second-order valence-electron chi connectivity index (χ2n) is 4.04. The highest BCUT2D eigenvalue weighted by Gasteiger charge is 2.17. The summed E-state index contributed by atoms with van der Waals surface area (Å²) < 4.78 is 28.3. The molecule has 8 nitrogen and oxygen atoms in total. The topological polar surface area (TPSA) is 113 Å². The number of sulfonamides is 1. The van der Waals surface area contributed by atoms with Crippen LogP contribution in [0, 0.1) is 11.3 Å². The molecule has 0 aliphatic rings. The van der Waals surface area contributed by atoms with Gasteiger partial charge in [-0.05, 0) is 18.2 Å². The number of fused-ring (bicyclic) bond motifs is 1. The van der Waals surface area contributed by atoms with Crippen molar-refractivity contribution in [2.45, 2.75) is 4.90 Å². The van der Waals surface area contributed by atoms with Gasteiger partial charge < -0.3 is 0 Å². The minimum absolute atomic E-state index is 0.0446. The van der Waals surface area contributed by atoms with Gasteiger partial charge in [0.15, 0.2) is 5.65 Å². The third-order valence-electron chi connectivity index (χ3n) is 2.68. The first-order valence-electron chi connectivity index (χ1n) is 5.77. The molecule has 3 heterocycles. The number of hydrogen-bond donors (Lipinski definition) is 1. The molecule has 0 bridgehead atoms. The third-order valence-corrected chi connectivity index (χ3v) is 4.04. The van der Waals surface area contributed by atoms with Gasteiger partial charge in [0.05, 0.1) is 6.20 Å². The van der Waals surface area contributed by atoms with Crippen molar-refractivity contribution >= 4 is 21.4 Å². The number of nitriles is 1. The van der Waals surface area contributed by atoms with Gasteiger partial charge >= 0.3 is 0 Å². The van der Waals surface area contributed by atoms with Crippen LogP contribution in [-0.4, -0.2) is 28.0 Å². The smallest absolute Gasteiger partial charge is 0.263 e. The molecule has 9 heteroatoms.